The van der Waals surface area contributed by atoms with Gasteiger partial charge in [-0.05, 0) is 35.7 Å². The zero-order valence-corrected chi connectivity index (χ0v) is 11.8. The molecule has 2 aromatic rings. The lowest BCUT2D eigenvalue weighted by Gasteiger charge is -2.19. The van der Waals surface area contributed by atoms with Crippen LogP contribution in [0.25, 0.3) is 0 Å². The van der Waals surface area contributed by atoms with Crippen LogP contribution in [0.4, 0.5) is 0 Å². The Morgan fingerprint density at radius 2 is 1.79 bits per heavy atom. The summed E-state index contributed by atoms with van der Waals surface area (Å²) >= 11 is 3.43. The van der Waals surface area contributed by atoms with E-state index in [2.05, 4.69) is 33.1 Å². The molecule has 1 atom stereocenters. The van der Waals surface area contributed by atoms with Crippen LogP contribution in [0.5, 0.6) is 0 Å². The van der Waals surface area contributed by atoms with Gasteiger partial charge in [0.05, 0.1) is 0 Å². The summed E-state index contributed by atoms with van der Waals surface area (Å²) in [7, 11) is 0. The lowest BCUT2D eigenvalue weighted by molar-refractivity contribution is 0.1000. The monoisotopic (exact) mass is 313 g/mol. The van der Waals surface area contributed by atoms with Crippen molar-refractivity contribution in [3.63, 3.8) is 0 Å². The van der Waals surface area contributed by atoms with Crippen LogP contribution in [-0.4, -0.2) is 12.1 Å². The van der Waals surface area contributed by atoms with Crippen LogP contribution in [0.3, 0.4) is 0 Å². The Morgan fingerprint density at radius 3 is 2.58 bits per heavy atom. The third-order valence-electron chi connectivity index (χ3n) is 3.33. The number of nitrogens with zero attached hydrogens (tertiary/aromatic N) is 1. The molecular weight excluding hydrogens is 302 g/mol. The van der Waals surface area contributed by atoms with Crippen LogP contribution < -0.4 is 0 Å². The molecule has 1 heterocycles. The number of fused-ring (bicyclic) bond motifs is 1. The molecule has 1 aliphatic heterocycles. The van der Waals surface area contributed by atoms with E-state index in [9.17, 15) is 4.79 Å². The Labute approximate surface area is 120 Å². The predicted molar refractivity (Wildman–Crippen MR) is 79.9 cm³/mol. The maximum atomic E-state index is 11.7. The molecule has 0 radical (unpaired) electrons. The molecule has 0 N–H and O–H groups in total. The second kappa shape index (κ2) is 5.10. The highest BCUT2D eigenvalue weighted by atomic mass is 79.9. The van der Waals surface area contributed by atoms with E-state index in [1.165, 1.54) is 5.56 Å². The Hall–Kier alpha value is -1.74. The van der Waals surface area contributed by atoms with Gasteiger partial charge in [-0.15, -0.1) is 0 Å². The number of halogens is 1. The number of benzene rings is 2. The van der Waals surface area contributed by atoms with Crippen LogP contribution in [0, 0.1) is 0 Å². The Kier molecular flexibility index (Phi) is 3.30. The molecule has 1 aliphatic rings. The SMILES string of the molecule is O=C1N=CC(Cc2ccc(Br)cc2)c2ccccc21. The average Bonchev–Trinajstić information content (AvgIpc) is 2.45. The molecule has 2 aromatic carbocycles. The van der Waals surface area contributed by atoms with Crippen LogP contribution >= 0.6 is 15.9 Å². The van der Waals surface area contributed by atoms with Crippen molar-refractivity contribution < 1.29 is 4.79 Å². The molecule has 1 amide bonds. The number of rotatable bonds is 2. The molecule has 2 nitrogen and oxygen atoms in total. The van der Waals surface area contributed by atoms with Crippen molar-refractivity contribution in [3.8, 4) is 0 Å². The minimum Gasteiger partial charge on any atom is -0.267 e. The lowest BCUT2D eigenvalue weighted by Crippen LogP contribution is -2.15. The summed E-state index contributed by atoms with van der Waals surface area (Å²) in [5.74, 6) is 0.0396. The highest BCUT2D eigenvalue weighted by Crippen LogP contribution is 2.27. The van der Waals surface area contributed by atoms with Crippen molar-refractivity contribution in [1.29, 1.82) is 0 Å². The number of amides is 1. The van der Waals surface area contributed by atoms with Crippen LogP contribution in [0.2, 0.25) is 0 Å². The molecular formula is C16H12BrNO. The van der Waals surface area contributed by atoms with Gasteiger partial charge in [-0.1, -0.05) is 46.3 Å². The fourth-order valence-corrected chi connectivity index (χ4v) is 2.62. The van der Waals surface area contributed by atoms with Crippen LogP contribution in [0.1, 0.15) is 27.4 Å². The molecule has 0 bridgehead atoms. The molecule has 19 heavy (non-hydrogen) atoms. The first-order chi connectivity index (χ1) is 9.24. The van der Waals surface area contributed by atoms with E-state index in [1.807, 2.05) is 36.4 Å². The van der Waals surface area contributed by atoms with Gasteiger partial charge in [-0.2, -0.15) is 0 Å². The minimum absolute atomic E-state index is 0.136. The first kappa shape index (κ1) is 12.3. The Bertz CT molecular complexity index is 646. The first-order valence-electron chi connectivity index (χ1n) is 6.16. The van der Waals surface area contributed by atoms with Gasteiger partial charge in [-0.3, -0.25) is 4.79 Å². The summed E-state index contributed by atoms with van der Waals surface area (Å²) in [4.78, 5) is 15.7. The topological polar surface area (TPSA) is 29.4 Å². The van der Waals surface area contributed by atoms with Gasteiger partial charge >= 0.3 is 0 Å². The quantitative estimate of drug-likeness (QED) is 0.824. The van der Waals surface area contributed by atoms with E-state index >= 15 is 0 Å². The molecule has 0 saturated heterocycles. The summed E-state index contributed by atoms with van der Waals surface area (Å²) in [6.07, 6.45) is 2.63. The number of carbonyl (C=O) groups excluding carboxylic acids is 1. The maximum absolute atomic E-state index is 11.7. The van der Waals surface area contributed by atoms with Crippen molar-refractivity contribution in [2.24, 2.45) is 4.99 Å². The summed E-state index contributed by atoms with van der Waals surface area (Å²) in [5.41, 5.74) is 3.04. The highest BCUT2D eigenvalue weighted by Gasteiger charge is 2.21. The molecule has 0 aliphatic carbocycles. The van der Waals surface area contributed by atoms with Gasteiger partial charge in [0.1, 0.15) is 0 Å². The Morgan fingerprint density at radius 1 is 1.05 bits per heavy atom. The highest BCUT2D eigenvalue weighted by molar-refractivity contribution is 9.10. The van der Waals surface area contributed by atoms with E-state index in [4.69, 9.17) is 0 Å². The van der Waals surface area contributed by atoms with Crippen molar-refractivity contribution in [2.75, 3.05) is 0 Å². The smallest absolute Gasteiger partial charge is 0.267 e. The van der Waals surface area contributed by atoms with Gasteiger partial charge in [0.15, 0.2) is 0 Å². The van der Waals surface area contributed by atoms with Crippen LogP contribution in [-0.2, 0) is 6.42 Å². The minimum atomic E-state index is -0.136. The van der Waals surface area contributed by atoms with Gasteiger partial charge < -0.3 is 0 Å². The summed E-state index contributed by atoms with van der Waals surface area (Å²) in [5, 5.41) is 0. The van der Waals surface area contributed by atoms with Crippen molar-refractivity contribution in [1.82, 2.24) is 0 Å². The Balaban J connectivity index is 1.92. The van der Waals surface area contributed by atoms with Crippen LogP contribution in [0.15, 0.2) is 58.0 Å². The predicted octanol–water partition coefficient (Wildman–Crippen LogP) is 4.00. The average molecular weight is 314 g/mol. The van der Waals surface area contributed by atoms with Gasteiger partial charge in [0.25, 0.3) is 5.91 Å². The summed E-state index contributed by atoms with van der Waals surface area (Å²) in [6, 6.07) is 16.0. The zero-order chi connectivity index (χ0) is 13.2. The van der Waals surface area contributed by atoms with Crippen molar-refractivity contribution >= 4 is 28.1 Å². The second-order valence-corrected chi connectivity index (χ2v) is 5.52. The third-order valence-corrected chi connectivity index (χ3v) is 3.86. The number of hydrogen-bond donors (Lipinski definition) is 0. The van der Waals surface area contributed by atoms with Gasteiger partial charge in [0.2, 0.25) is 0 Å². The molecule has 0 spiro atoms. The maximum Gasteiger partial charge on any atom is 0.276 e. The van der Waals surface area contributed by atoms with Crippen molar-refractivity contribution in [2.45, 2.75) is 12.3 Å². The zero-order valence-electron chi connectivity index (χ0n) is 10.2. The number of carbonyl (C=O) groups is 1. The van der Waals surface area contributed by atoms with Crippen molar-refractivity contribution in [3.05, 3.63) is 69.7 Å². The summed E-state index contributed by atoms with van der Waals surface area (Å²) in [6.45, 7) is 0. The molecule has 3 heteroatoms. The van der Waals surface area contributed by atoms with E-state index in [0.29, 0.717) is 0 Å². The van der Waals surface area contributed by atoms with Gasteiger partial charge in [-0.25, -0.2) is 4.99 Å². The summed E-state index contributed by atoms with van der Waals surface area (Å²) < 4.78 is 1.07. The van der Waals surface area contributed by atoms with Gasteiger partial charge in [0, 0.05) is 22.2 Å². The third kappa shape index (κ3) is 2.51. The molecule has 3 rings (SSSR count). The largest absolute Gasteiger partial charge is 0.276 e. The van der Waals surface area contributed by atoms with E-state index in [0.717, 1.165) is 22.0 Å². The molecule has 1 unspecified atom stereocenters. The first-order valence-corrected chi connectivity index (χ1v) is 6.95. The fourth-order valence-electron chi connectivity index (χ4n) is 2.36. The standard InChI is InChI=1S/C16H12BrNO/c17-13-7-5-11(6-8-13)9-12-10-18-16(19)15-4-2-1-3-14(12)15/h1-8,10,12H,9H2. The van der Waals surface area contributed by atoms with E-state index < -0.39 is 0 Å². The molecule has 0 saturated carbocycles. The lowest BCUT2D eigenvalue weighted by atomic mass is 9.88. The number of aliphatic imine (C=N–C) groups is 1. The fraction of sp³-hybridized carbons (Fsp3) is 0.125. The molecule has 0 aromatic heterocycles. The van der Waals surface area contributed by atoms with E-state index in [-0.39, 0.29) is 11.8 Å². The number of hydrogen-bond acceptors (Lipinski definition) is 1. The second-order valence-electron chi connectivity index (χ2n) is 4.61. The normalized spacial score (nSPS) is 17.3. The van der Waals surface area contributed by atoms with E-state index in [1.54, 1.807) is 6.21 Å². The molecule has 94 valence electrons. The molecule has 0 fully saturated rings.